The highest BCUT2D eigenvalue weighted by molar-refractivity contribution is 8.09. The average molecular weight is 574 g/mol. The summed E-state index contributed by atoms with van der Waals surface area (Å²) in [4.78, 5) is 38.2. The Kier molecular flexibility index (Phi) is 9.69. The van der Waals surface area contributed by atoms with E-state index in [9.17, 15) is 18.8 Å². The number of H-pyrrole nitrogens is 1. The molecule has 2 heterocycles. The molecule has 0 spiro atoms. The zero-order chi connectivity index (χ0) is 27.3. The van der Waals surface area contributed by atoms with Crippen molar-refractivity contribution >= 4 is 36.0 Å². The molecular weight excluding hydrogens is 548 g/mol. The van der Waals surface area contributed by atoms with Crippen LogP contribution < -0.4 is 20.9 Å². The molecular formula is C23H26ClFN3O7PS. The van der Waals surface area contributed by atoms with Gasteiger partial charge in [-0.05, 0) is 51.1 Å². The first-order valence-electron chi connectivity index (χ1n) is 11.2. The van der Waals surface area contributed by atoms with Crippen molar-refractivity contribution < 1.29 is 27.7 Å². The SMILES string of the molecule is C#CC1CC(COP(=S)(NC(C)C(=O)OC(C)C)Oc2ccc(F)c(Cl)c2)OC1n1ccc(=O)[nH]c1=O. The third-order valence-corrected chi connectivity index (χ3v) is 7.93. The fourth-order valence-corrected chi connectivity index (χ4v) is 6.06. The molecule has 0 bridgehead atoms. The number of aromatic nitrogens is 2. The highest BCUT2D eigenvalue weighted by Gasteiger charge is 2.38. The van der Waals surface area contributed by atoms with Crippen molar-refractivity contribution in [3.05, 3.63) is 62.1 Å². The van der Waals surface area contributed by atoms with E-state index in [4.69, 9.17) is 48.4 Å². The highest BCUT2D eigenvalue weighted by atomic mass is 35.5. The zero-order valence-electron chi connectivity index (χ0n) is 20.2. The van der Waals surface area contributed by atoms with Crippen molar-refractivity contribution in [1.82, 2.24) is 14.6 Å². The molecule has 1 aliphatic heterocycles. The van der Waals surface area contributed by atoms with E-state index in [2.05, 4.69) is 16.0 Å². The van der Waals surface area contributed by atoms with Gasteiger partial charge in [-0.15, -0.1) is 6.42 Å². The van der Waals surface area contributed by atoms with Gasteiger partial charge in [-0.3, -0.25) is 19.1 Å². The quantitative estimate of drug-likeness (QED) is 0.251. The Labute approximate surface area is 222 Å². The van der Waals surface area contributed by atoms with Crippen LogP contribution in [0, 0.1) is 24.1 Å². The van der Waals surface area contributed by atoms with Crippen LogP contribution in [0.1, 0.15) is 33.4 Å². The summed E-state index contributed by atoms with van der Waals surface area (Å²) < 4.78 is 37.8. The molecule has 14 heteroatoms. The molecule has 1 fully saturated rings. The summed E-state index contributed by atoms with van der Waals surface area (Å²) in [7, 11) is 0. The predicted octanol–water partition coefficient (Wildman–Crippen LogP) is 3.12. The van der Waals surface area contributed by atoms with E-state index in [0.29, 0.717) is 6.42 Å². The minimum Gasteiger partial charge on any atom is -0.462 e. The lowest BCUT2D eigenvalue weighted by Gasteiger charge is -2.27. The lowest BCUT2D eigenvalue weighted by molar-refractivity contribution is -0.149. The maximum atomic E-state index is 13.6. The molecule has 1 saturated heterocycles. The number of aromatic amines is 1. The van der Waals surface area contributed by atoms with Crippen molar-refractivity contribution in [1.29, 1.82) is 0 Å². The fourth-order valence-electron chi connectivity index (χ4n) is 3.46. The second-order valence-electron chi connectivity index (χ2n) is 8.47. The number of rotatable bonds is 10. The molecule has 10 nitrogen and oxygen atoms in total. The summed E-state index contributed by atoms with van der Waals surface area (Å²) in [5.74, 6) is 0.995. The van der Waals surface area contributed by atoms with Gasteiger partial charge >= 0.3 is 18.3 Å². The summed E-state index contributed by atoms with van der Waals surface area (Å²) in [6, 6.07) is 3.95. The maximum absolute atomic E-state index is 13.6. The van der Waals surface area contributed by atoms with Gasteiger partial charge in [0.15, 0.2) is 6.23 Å². The van der Waals surface area contributed by atoms with E-state index in [1.54, 1.807) is 13.8 Å². The van der Waals surface area contributed by atoms with Crippen molar-refractivity contribution in [2.45, 2.75) is 51.7 Å². The summed E-state index contributed by atoms with van der Waals surface area (Å²) >= 11 is 11.5. The van der Waals surface area contributed by atoms with Crippen molar-refractivity contribution in [2.75, 3.05) is 6.61 Å². The first kappa shape index (κ1) is 29.0. The van der Waals surface area contributed by atoms with Gasteiger partial charge in [-0.25, -0.2) is 14.3 Å². The molecule has 0 radical (unpaired) electrons. The Morgan fingerprint density at radius 1 is 1.41 bits per heavy atom. The number of benzene rings is 1. The van der Waals surface area contributed by atoms with Crippen LogP contribution in [0.5, 0.6) is 5.75 Å². The number of esters is 1. The van der Waals surface area contributed by atoms with Crippen LogP contribution in [-0.4, -0.2) is 40.4 Å². The topological polar surface area (TPSA) is 121 Å². The molecule has 1 aromatic carbocycles. The number of nitrogens with zero attached hydrogens (tertiary/aromatic N) is 1. The number of terminal acetylenes is 1. The molecule has 200 valence electrons. The van der Waals surface area contributed by atoms with Gasteiger partial charge < -0.3 is 18.5 Å². The minimum absolute atomic E-state index is 0.113. The van der Waals surface area contributed by atoms with Gasteiger partial charge in [0.1, 0.15) is 17.6 Å². The largest absolute Gasteiger partial charge is 0.462 e. The number of nitrogens with one attached hydrogen (secondary N) is 2. The van der Waals surface area contributed by atoms with Crippen LogP contribution >= 0.6 is 18.2 Å². The Hall–Kier alpha value is -2.52. The zero-order valence-corrected chi connectivity index (χ0v) is 22.6. The summed E-state index contributed by atoms with van der Waals surface area (Å²) in [6.07, 6.45) is 5.47. The number of carbonyl (C=O) groups excluding carboxylic acids is 1. The molecule has 0 saturated carbocycles. The standard InChI is InChI=1S/C23H26ClFN3O7PS/c1-5-15-10-17(34-21(15)28-9-8-20(29)26-23(28)31)12-32-36(37,27-14(4)22(30)33-13(2)3)35-16-6-7-19(25)18(24)11-16/h1,6-9,11,13-15,17,21H,10,12H2,2-4H3,(H,27,37)(H,26,29,31). The van der Waals surface area contributed by atoms with Crippen molar-refractivity contribution in [2.24, 2.45) is 5.92 Å². The normalized spacial score (nSPS) is 21.7. The molecule has 2 N–H and O–H groups in total. The van der Waals surface area contributed by atoms with Gasteiger partial charge in [0.05, 0.1) is 29.8 Å². The highest BCUT2D eigenvalue weighted by Crippen LogP contribution is 2.47. The number of hydrogen-bond acceptors (Lipinski definition) is 8. The van der Waals surface area contributed by atoms with E-state index < -0.39 is 54.0 Å². The summed E-state index contributed by atoms with van der Waals surface area (Å²) in [5, 5.41) is 2.68. The molecule has 0 amide bonds. The second kappa shape index (κ2) is 12.3. The van der Waals surface area contributed by atoms with E-state index in [1.165, 1.54) is 35.9 Å². The maximum Gasteiger partial charge on any atom is 0.330 e. The van der Waals surface area contributed by atoms with E-state index in [-0.39, 0.29) is 23.5 Å². The molecule has 0 aliphatic carbocycles. The molecule has 5 atom stereocenters. The van der Waals surface area contributed by atoms with E-state index in [0.717, 1.165) is 6.07 Å². The van der Waals surface area contributed by atoms with E-state index in [1.807, 2.05) is 0 Å². The van der Waals surface area contributed by atoms with Gasteiger partial charge in [-0.2, -0.15) is 0 Å². The first-order chi connectivity index (χ1) is 17.4. The van der Waals surface area contributed by atoms with E-state index >= 15 is 0 Å². The number of hydrogen-bond donors (Lipinski definition) is 2. The number of halogens is 2. The number of ether oxygens (including phenoxy) is 2. The van der Waals surface area contributed by atoms with Gasteiger partial charge in [0.2, 0.25) is 0 Å². The average Bonchev–Trinajstić information content (AvgIpc) is 3.23. The Bertz CT molecular complexity index is 1340. The molecule has 1 aliphatic rings. The lowest BCUT2D eigenvalue weighted by atomic mass is 10.0. The van der Waals surface area contributed by atoms with Gasteiger partial charge in [0.25, 0.3) is 5.56 Å². The first-order valence-corrected chi connectivity index (χ1v) is 14.2. The van der Waals surface area contributed by atoms with Crippen LogP contribution in [0.4, 0.5) is 4.39 Å². The smallest absolute Gasteiger partial charge is 0.330 e. The third-order valence-electron chi connectivity index (χ3n) is 5.14. The van der Waals surface area contributed by atoms with Crippen LogP contribution in [0.25, 0.3) is 0 Å². The minimum atomic E-state index is -3.46. The van der Waals surface area contributed by atoms with Crippen LogP contribution in [-0.2, 0) is 30.6 Å². The Balaban J connectivity index is 1.78. The second-order valence-corrected chi connectivity index (χ2v) is 12.0. The Morgan fingerprint density at radius 3 is 2.76 bits per heavy atom. The van der Waals surface area contributed by atoms with Crippen LogP contribution in [0.15, 0.2) is 40.1 Å². The molecule has 2 aromatic rings. The molecule has 1 aromatic heterocycles. The summed E-state index contributed by atoms with van der Waals surface area (Å²) in [5.41, 5.74) is -1.22. The van der Waals surface area contributed by atoms with Gasteiger partial charge in [-0.1, -0.05) is 17.5 Å². The molecule has 3 rings (SSSR count). The monoisotopic (exact) mass is 573 g/mol. The fraction of sp³-hybridized carbons (Fsp3) is 0.435. The predicted molar refractivity (Wildman–Crippen MR) is 138 cm³/mol. The van der Waals surface area contributed by atoms with Crippen LogP contribution in [0.2, 0.25) is 5.02 Å². The van der Waals surface area contributed by atoms with Crippen molar-refractivity contribution in [3.8, 4) is 18.1 Å². The van der Waals surface area contributed by atoms with Crippen molar-refractivity contribution in [3.63, 3.8) is 0 Å². The van der Waals surface area contributed by atoms with Crippen LogP contribution in [0.3, 0.4) is 0 Å². The summed E-state index contributed by atoms with van der Waals surface area (Å²) in [6.45, 7) is 1.37. The Morgan fingerprint density at radius 2 is 2.14 bits per heavy atom. The van der Waals surface area contributed by atoms with Gasteiger partial charge in [0, 0.05) is 18.3 Å². The molecule has 5 unspecified atom stereocenters. The third kappa shape index (κ3) is 7.74. The molecule has 37 heavy (non-hydrogen) atoms. The number of carbonyl (C=O) groups is 1. The lowest BCUT2D eigenvalue weighted by Crippen LogP contribution is -2.36.